The average Bonchev–Trinajstić information content (AvgIpc) is 2.76. The molecule has 2 heterocycles. The lowest BCUT2D eigenvalue weighted by Gasteiger charge is -2.17. The van der Waals surface area contributed by atoms with Crippen LogP contribution in [0.1, 0.15) is 19.4 Å². The molecule has 0 atom stereocenters. The molecule has 0 amide bonds. The summed E-state index contributed by atoms with van der Waals surface area (Å²) < 4.78 is 13.1. The molecular formula is C13H18N2O3S. The van der Waals surface area contributed by atoms with Gasteiger partial charge in [-0.15, -0.1) is 11.3 Å². The predicted molar refractivity (Wildman–Crippen MR) is 75.7 cm³/mol. The van der Waals surface area contributed by atoms with Crippen LogP contribution in [-0.2, 0) is 16.0 Å². The molecule has 0 aliphatic rings. The molecule has 0 spiro atoms. The molecule has 0 radical (unpaired) electrons. The lowest BCUT2D eigenvalue weighted by molar-refractivity contribution is -0.144. The van der Waals surface area contributed by atoms with Gasteiger partial charge in [-0.2, -0.15) is 0 Å². The topological polar surface area (TPSA) is 53.4 Å². The maximum absolute atomic E-state index is 12.3. The highest BCUT2D eigenvalue weighted by Crippen LogP contribution is 2.19. The number of thiophene rings is 1. The molecule has 6 heteroatoms. The molecule has 0 saturated carbocycles. The lowest BCUT2D eigenvalue weighted by atomic mass is 10.3. The highest BCUT2D eigenvalue weighted by Gasteiger charge is 2.13. The summed E-state index contributed by atoms with van der Waals surface area (Å²) in [6.07, 6.45) is 1.16. The van der Waals surface area contributed by atoms with E-state index >= 15 is 0 Å². The van der Waals surface area contributed by atoms with Gasteiger partial charge in [-0.05, 0) is 31.7 Å². The molecular weight excluding hydrogens is 264 g/mol. The first-order valence-electron chi connectivity index (χ1n) is 6.33. The summed E-state index contributed by atoms with van der Waals surface area (Å²) in [5.41, 5.74) is 1.79. The van der Waals surface area contributed by atoms with Crippen LogP contribution in [0.25, 0.3) is 10.2 Å². The van der Waals surface area contributed by atoms with Crippen molar-refractivity contribution in [1.82, 2.24) is 9.55 Å². The number of fused-ring (bicyclic) bond motifs is 1. The van der Waals surface area contributed by atoms with Gasteiger partial charge in [-0.1, -0.05) is 0 Å². The number of rotatable bonds is 6. The highest BCUT2D eigenvalue weighted by molar-refractivity contribution is 7.17. The average molecular weight is 282 g/mol. The van der Waals surface area contributed by atoms with Gasteiger partial charge in [0.05, 0.1) is 18.4 Å². The molecule has 0 N–H and O–H groups in total. The van der Waals surface area contributed by atoms with Crippen molar-refractivity contribution in [3.8, 4) is 0 Å². The second kappa shape index (κ2) is 6.27. The molecule has 2 aromatic rings. The van der Waals surface area contributed by atoms with Gasteiger partial charge in [0.1, 0.15) is 4.70 Å². The third-order valence-corrected chi connectivity index (χ3v) is 3.85. The second-order valence-corrected chi connectivity index (χ2v) is 5.02. The summed E-state index contributed by atoms with van der Waals surface area (Å²) in [6.45, 7) is 7.22. The van der Waals surface area contributed by atoms with Gasteiger partial charge < -0.3 is 9.47 Å². The number of hydrogen-bond acceptors (Lipinski definition) is 5. The maximum atomic E-state index is 12.3. The van der Waals surface area contributed by atoms with Crippen molar-refractivity contribution in [1.29, 1.82) is 0 Å². The number of ether oxygens (including phenoxy) is 2. The Morgan fingerprint density at radius 2 is 2.05 bits per heavy atom. The van der Waals surface area contributed by atoms with Crippen LogP contribution < -0.4 is 5.56 Å². The van der Waals surface area contributed by atoms with Gasteiger partial charge in [-0.3, -0.25) is 9.36 Å². The molecule has 2 rings (SSSR count). The molecule has 5 nitrogen and oxygen atoms in total. The normalized spacial score (nSPS) is 11.6. The first kappa shape index (κ1) is 14.2. The van der Waals surface area contributed by atoms with Crippen molar-refractivity contribution in [2.75, 3.05) is 13.2 Å². The van der Waals surface area contributed by atoms with E-state index in [0.29, 0.717) is 24.5 Å². The Balaban J connectivity index is 2.29. The van der Waals surface area contributed by atoms with E-state index in [2.05, 4.69) is 4.98 Å². The van der Waals surface area contributed by atoms with E-state index in [0.717, 1.165) is 11.1 Å². The minimum Gasteiger partial charge on any atom is -0.351 e. The first-order chi connectivity index (χ1) is 9.17. The van der Waals surface area contributed by atoms with Crippen LogP contribution in [0, 0.1) is 6.92 Å². The number of hydrogen-bond donors (Lipinski definition) is 0. The van der Waals surface area contributed by atoms with Gasteiger partial charge in [0, 0.05) is 13.2 Å². The Hall–Kier alpha value is -1.24. The molecule has 0 fully saturated rings. The Morgan fingerprint density at radius 1 is 1.37 bits per heavy atom. The molecule has 0 aliphatic heterocycles. The fraction of sp³-hybridized carbons (Fsp3) is 0.538. The van der Waals surface area contributed by atoms with Crippen LogP contribution in [0.2, 0.25) is 0 Å². The van der Waals surface area contributed by atoms with Crippen molar-refractivity contribution < 1.29 is 9.47 Å². The van der Waals surface area contributed by atoms with E-state index in [-0.39, 0.29) is 5.56 Å². The smallest absolute Gasteiger partial charge is 0.271 e. The van der Waals surface area contributed by atoms with Crippen LogP contribution in [-0.4, -0.2) is 29.1 Å². The lowest BCUT2D eigenvalue weighted by Crippen LogP contribution is -2.30. The van der Waals surface area contributed by atoms with Crippen molar-refractivity contribution in [2.24, 2.45) is 0 Å². The fourth-order valence-electron chi connectivity index (χ4n) is 1.88. The number of aryl methyl sites for hydroxylation is 1. The molecule has 0 saturated heterocycles. The van der Waals surface area contributed by atoms with Gasteiger partial charge in [0.2, 0.25) is 0 Å². The van der Waals surface area contributed by atoms with Crippen molar-refractivity contribution in [2.45, 2.75) is 33.6 Å². The second-order valence-electron chi connectivity index (χ2n) is 4.14. The van der Waals surface area contributed by atoms with Gasteiger partial charge in [0.15, 0.2) is 6.29 Å². The quantitative estimate of drug-likeness (QED) is 0.762. The summed E-state index contributed by atoms with van der Waals surface area (Å²) in [4.78, 5) is 16.6. The Bertz CT molecular complexity index is 599. The SMILES string of the molecule is CCOC(Cn1cnc2c(C)csc2c1=O)OCC. The molecule has 0 aromatic carbocycles. The molecule has 2 aromatic heterocycles. The summed E-state index contributed by atoms with van der Waals surface area (Å²) in [6, 6.07) is 0. The third-order valence-electron chi connectivity index (χ3n) is 2.77. The Labute approximate surface area is 115 Å². The molecule has 0 bridgehead atoms. The zero-order valence-electron chi connectivity index (χ0n) is 11.4. The predicted octanol–water partition coefficient (Wildman–Crippen LogP) is 2.17. The zero-order valence-corrected chi connectivity index (χ0v) is 12.2. The van der Waals surface area contributed by atoms with Crippen LogP contribution in [0.15, 0.2) is 16.5 Å². The largest absolute Gasteiger partial charge is 0.351 e. The zero-order chi connectivity index (χ0) is 13.8. The van der Waals surface area contributed by atoms with Crippen molar-refractivity contribution >= 4 is 21.6 Å². The van der Waals surface area contributed by atoms with Crippen LogP contribution in [0.4, 0.5) is 0 Å². The van der Waals surface area contributed by atoms with Crippen LogP contribution in [0.5, 0.6) is 0 Å². The van der Waals surface area contributed by atoms with E-state index in [1.165, 1.54) is 11.3 Å². The van der Waals surface area contributed by atoms with E-state index in [4.69, 9.17) is 9.47 Å². The molecule has 19 heavy (non-hydrogen) atoms. The van der Waals surface area contributed by atoms with Crippen LogP contribution >= 0.6 is 11.3 Å². The van der Waals surface area contributed by atoms with Crippen LogP contribution in [0.3, 0.4) is 0 Å². The number of nitrogens with zero attached hydrogens (tertiary/aromatic N) is 2. The van der Waals surface area contributed by atoms with E-state index < -0.39 is 6.29 Å². The van der Waals surface area contributed by atoms with Crippen molar-refractivity contribution in [3.63, 3.8) is 0 Å². The molecule has 0 aliphatic carbocycles. The highest BCUT2D eigenvalue weighted by atomic mass is 32.1. The van der Waals surface area contributed by atoms with E-state index in [1.54, 1.807) is 10.9 Å². The minimum absolute atomic E-state index is 0.0347. The van der Waals surface area contributed by atoms with Gasteiger partial charge in [-0.25, -0.2) is 4.98 Å². The monoisotopic (exact) mass is 282 g/mol. The number of aromatic nitrogens is 2. The van der Waals surface area contributed by atoms with Crippen molar-refractivity contribution in [3.05, 3.63) is 27.6 Å². The molecule has 0 unspecified atom stereocenters. The standard InChI is InChI=1S/C13H18N2O3S/c1-4-17-10(18-5-2)6-15-8-14-11-9(3)7-19-12(11)13(15)16/h7-8,10H,4-6H2,1-3H3. The molecule has 104 valence electrons. The van der Waals surface area contributed by atoms with Gasteiger partial charge >= 0.3 is 0 Å². The van der Waals surface area contributed by atoms with E-state index in [1.807, 2.05) is 26.2 Å². The Kier molecular flexibility index (Phi) is 4.68. The Morgan fingerprint density at radius 3 is 2.68 bits per heavy atom. The minimum atomic E-state index is -0.409. The van der Waals surface area contributed by atoms with E-state index in [9.17, 15) is 4.79 Å². The van der Waals surface area contributed by atoms with Gasteiger partial charge in [0.25, 0.3) is 5.56 Å². The third kappa shape index (κ3) is 3.02. The maximum Gasteiger partial charge on any atom is 0.271 e. The fourth-order valence-corrected chi connectivity index (χ4v) is 2.83. The first-order valence-corrected chi connectivity index (χ1v) is 7.21. The summed E-state index contributed by atoms with van der Waals surface area (Å²) in [5.74, 6) is 0. The summed E-state index contributed by atoms with van der Waals surface area (Å²) >= 11 is 1.43. The summed E-state index contributed by atoms with van der Waals surface area (Å²) in [5, 5.41) is 1.95. The summed E-state index contributed by atoms with van der Waals surface area (Å²) in [7, 11) is 0.